The van der Waals surface area contributed by atoms with Gasteiger partial charge in [-0.1, -0.05) is 204 Å². The van der Waals surface area contributed by atoms with E-state index in [1.54, 1.807) is 0 Å². The maximum Gasteiger partial charge on any atom is 0.160 e. The number of furan rings is 1. The Bertz CT molecular complexity index is 4620. The molecule has 3 heterocycles. The lowest BCUT2D eigenvalue weighted by atomic mass is 9.67. The van der Waals surface area contributed by atoms with Crippen molar-refractivity contribution in [2.24, 2.45) is 0 Å². The number of nitrogens with zero attached hydrogens (tertiary/aromatic N) is 4. The Labute approximate surface area is 465 Å². The minimum atomic E-state index is -0.853. The van der Waals surface area contributed by atoms with Crippen molar-refractivity contribution in [2.45, 2.75) is 43.9 Å². The summed E-state index contributed by atoms with van der Waals surface area (Å²) in [6.07, 6.45) is 3.85. The number of hydrogen-bond acceptors (Lipinski definition) is 5. The van der Waals surface area contributed by atoms with Gasteiger partial charge < -0.3 is 14.2 Å². The summed E-state index contributed by atoms with van der Waals surface area (Å²) in [6, 6.07) is 89.3. The quantitative estimate of drug-likeness (QED) is 0.152. The highest BCUT2D eigenvalue weighted by molar-refractivity contribution is 6.24. The first-order chi connectivity index (χ1) is 39.3. The van der Waals surface area contributed by atoms with Crippen LogP contribution >= 0.6 is 0 Å². The van der Waals surface area contributed by atoms with Crippen LogP contribution in [0.4, 0.5) is 34.1 Å². The molecule has 3 aromatic heterocycles. The molecule has 5 nitrogen and oxygen atoms in total. The van der Waals surface area contributed by atoms with E-state index in [2.05, 4.69) is 280 Å². The molecule has 0 bridgehead atoms. The molecule has 0 unspecified atom stereocenters. The molecule has 0 aliphatic heterocycles. The minimum absolute atomic E-state index is 0.342. The van der Waals surface area contributed by atoms with Gasteiger partial charge in [0.05, 0.1) is 39.6 Å². The molecule has 0 spiro atoms. The van der Waals surface area contributed by atoms with Gasteiger partial charge in [0, 0.05) is 61.9 Å². The third-order valence-electron chi connectivity index (χ3n) is 17.9. The molecule has 380 valence electrons. The number of anilines is 6. The molecule has 0 radical (unpaired) electrons. The number of pyridine rings is 2. The fraction of sp³-hybridized carbons (Fsp3) is 0.0933. The average Bonchev–Trinajstić information content (AvgIpc) is 4.39. The van der Waals surface area contributed by atoms with E-state index in [-0.39, 0.29) is 10.8 Å². The van der Waals surface area contributed by atoms with Crippen molar-refractivity contribution < 1.29 is 4.42 Å². The van der Waals surface area contributed by atoms with E-state index in [1.807, 2.05) is 12.4 Å². The Morgan fingerprint density at radius 3 is 1.36 bits per heavy atom. The zero-order valence-electron chi connectivity index (χ0n) is 44.9. The number of fused-ring (bicyclic) bond motifs is 15. The predicted molar refractivity (Wildman–Crippen MR) is 329 cm³/mol. The second kappa shape index (κ2) is 17.1. The number of rotatable bonds is 8. The van der Waals surface area contributed by atoms with E-state index in [4.69, 9.17) is 14.4 Å². The van der Waals surface area contributed by atoms with Gasteiger partial charge in [-0.25, -0.2) is 0 Å². The minimum Gasteiger partial charge on any atom is -0.454 e. The van der Waals surface area contributed by atoms with Gasteiger partial charge in [-0.05, 0) is 128 Å². The maximum absolute atomic E-state index is 7.47. The zero-order valence-corrected chi connectivity index (χ0v) is 44.9. The topological polar surface area (TPSA) is 45.4 Å². The molecule has 0 amide bonds. The molecule has 13 aromatic rings. The monoisotopic (exact) mass is 1030 g/mol. The highest BCUT2D eigenvalue weighted by Gasteiger charge is 2.50. The van der Waals surface area contributed by atoms with E-state index in [1.165, 1.54) is 66.6 Å². The largest absolute Gasteiger partial charge is 0.454 e. The van der Waals surface area contributed by atoms with Gasteiger partial charge in [0.2, 0.25) is 0 Å². The van der Waals surface area contributed by atoms with E-state index in [0.717, 1.165) is 78.4 Å². The normalized spacial score (nSPS) is 14.6. The smallest absolute Gasteiger partial charge is 0.160 e. The van der Waals surface area contributed by atoms with Gasteiger partial charge in [-0.15, -0.1) is 0 Å². The second-order valence-corrected chi connectivity index (χ2v) is 22.8. The van der Waals surface area contributed by atoms with Gasteiger partial charge in [0.25, 0.3) is 0 Å². The van der Waals surface area contributed by atoms with Crippen molar-refractivity contribution in [1.82, 2.24) is 9.97 Å². The number of benzene rings is 10. The molecule has 0 saturated heterocycles. The summed E-state index contributed by atoms with van der Waals surface area (Å²) in [4.78, 5) is 15.1. The van der Waals surface area contributed by atoms with E-state index in [9.17, 15) is 0 Å². The first kappa shape index (κ1) is 46.3. The summed E-state index contributed by atoms with van der Waals surface area (Å²) in [6.45, 7) is 9.41. The summed E-state index contributed by atoms with van der Waals surface area (Å²) in [5, 5.41) is 4.47. The third kappa shape index (κ3) is 6.23. The summed E-state index contributed by atoms with van der Waals surface area (Å²) in [7, 11) is 0. The van der Waals surface area contributed by atoms with Crippen LogP contribution in [0.1, 0.15) is 72.2 Å². The van der Waals surface area contributed by atoms with Crippen LogP contribution in [0, 0.1) is 0 Å². The first-order valence-corrected chi connectivity index (χ1v) is 27.8. The summed E-state index contributed by atoms with van der Waals surface area (Å²) in [5.41, 5.74) is 22.9. The van der Waals surface area contributed by atoms with Crippen molar-refractivity contribution >= 4 is 66.8 Å². The number of para-hydroxylation sites is 3. The van der Waals surface area contributed by atoms with Crippen molar-refractivity contribution in [3.63, 3.8) is 0 Å². The highest BCUT2D eigenvalue weighted by Crippen LogP contribution is 2.65. The standard InChI is InChI=1S/C75H54N4O/c1-73(2)56-38-23-43-76-70(56)54-36-21-40-60(68(54)73)78(49-29-13-7-14-30-49)62-45-58-65(52-34-18-17-33-51(52)62)67-59(75(58,47-25-9-5-10-26-47)48-27-11-6-12-28-48)46-63(72-66(67)53-35-19-20-42-64(53)80-72)79(50-31-15-8-16-32-50)61-41-22-37-55-69(61)74(3,4)57-39-24-44-77-71(55)57/h5-46H,1-4H3. The van der Waals surface area contributed by atoms with Crippen LogP contribution < -0.4 is 9.80 Å². The Hall–Kier alpha value is -9.84. The molecule has 10 aromatic carbocycles. The molecule has 3 aliphatic rings. The highest BCUT2D eigenvalue weighted by atomic mass is 16.3. The third-order valence-corrected chi connectivity index (χ3v) is 17.9. The molecule has 0 atom stereocenters. The van der Waals surface area contributed by atoms with E-state index < -0.39 is 5.41 Å². The predicted octanol–water partition coefficient (Wildman–Crippen LogP) is 19.4. The maximum atomic E-state index is 7.47. The Morgan fingerprint density at radius 1 is 0.362 bits per heavy atom. The Kier molecular flexibility index (Phi) is 9.88. The van der Waals surface area contributed by atoms with Gasteiger partial charge >= 0.3 is 0 Å². The number of aromatic nitrogens is 2. The SMILES string of the molecule is CC1(C)c2cccnc2-c2cccc(N(c3ccccc3)c3cc4c(c5ccccc35)-c3c(cc(N(c5ccccc5)c5cccc6c5C(C)(C)c5cccnc5-6)c5oc6ccccc6c35)C4(c3ccccc3)c3ccccc3)c21. The molecule has 5 heteroatoms. The second-order valence-electron chi connectivity index (χ2n) is 22.8. The van der Waals surface area contributed by atoms with Crippen molar-refractivity contribution in [2.75, 3.05) is 9.80 Å². The fourth-order valence-corrected chi connectivity index (χ4v) is 14.7. The lowest BCUT2D eigenvalue weighted by molar-refractivity contribution is 0.657. The van der Waals surface area contributed by atoms with Crippen LogP contribution in [0.25, 0.3) is 66.4 Å². The van der Waals surface area contributed by atoms with Crippen LogP contribution in [-0.2, 0) is 16.2 Å². The number of hydrogen-bond donors (Lipinski definition) is 0. The molecule has 0 fully saturated rings. The van der Waals surface area contributed by atoms with Gasteiger partial charge in [0.15, 0.2) is 5.58 Å². The van der Waals surface area contributed by atoms with Crippen LogP contribution in [0.3, 0.4) is 0 Å². The molecule has 3 aliphatic carbocycles. The average molecular weight is 1030 g/mol. The van der Waals surface area contributed by atoms with Crippen LogP contribution in [0.15, 0.2) is 259 Å². The van der Waals surface area contributed by atoms with Crippen molar-refractivity contribution in [3.05, 3.63) is 300 Å². The fourth-order valence-electron chi connectivity index (χ4n) is 14.7. The van der Waals surface area contributed by atoms with E-state index >= 15 is 0 Å². The van der Waals surface area contributed by atoms with Crippen LogP contribution in [-0.4, -0.2) is 9.97 Å². The van der Waals surface area contributed by atoms with Crippen LogP contribution in [0.2, 0.25) is 0 Å². The first-order valence-electron chi connectivity index (χ1n) is 27.8. The van der Waals surface area contributed by atoms with Crippen molar-refractivity contribution in [3.8, 4) is 33.6 Å². The Morgan fingerprint density at radius 2 is 0.812 bits per heavy atom. The lowest BCUT2D eigenvalue weighted by Crippen LogP contribution is -2.29. The lowest BCUT2D eigenvalue weighted by Gasteiger charge is -2.37. The zero-order chi connectivity index (χ0) is 53.5. The molecular formula is C75H54N4O. The van der Waals surface area contributed by atoms with Gasteiger partial charge in [-0.2, -0.15) is 0 Å². The summed E-state index contributed by atoms with van der Waals surface area (Å²) in [5.74, 6) is 0. The summed E-state index contributed by atoms with van der Waals surface area (Å²) < 4.78 is 7.47. The molecular weight excluding hydrogens is 973 g/mol. The van der Waals surface area contributed by atoms with Crippen molar-refractivity contribution in [1.29, 1.82) is 0 Å². The van der Waals surface area contributed by atoms with E-state index in [0.29, 0.717) is 0 Å². The molecule has 80 heavy (non-hydrogen) atoms. The van der Waals surface area contributed by atoms with Gasteiger partial charge in [-0.3, -0.25) is 9.97 Å². The summed E-state index contributed by atoms with van der Waals surface area (Å²) >= 11 is 0. The van der Waals surface area contributed by atoms with Crippen LogP contribution in [0.5, 0.6) is 0 Å². The van der Waals surface area contributed by atoms with Gasteiger partial charge in [0.1, 0.15) is 5.58 Å². The molecule has 0 N–H and O–H groups in total. The Balaban J connectivity index is 1.08. The molecule has 0 saturated carbocycles. The molecule has 16 rings (SSSR count).